The van der Waals surface area contributed by atoms with Crippen LogP contribution in [0.25, 0.3) is 0 Å². The Morgan fingerprint density at radius 3 is 2.76 bits per heavy atom. The standard InChI is InChI=1S/C13H22N2OS/c1-4-6-10-11(9-16)17-12(14-10)15-8-5-7-13(15,2)3/h16H,4-9H2,1-3H3. The number of thiazole rings is 1. The van der Waals surface area contributed by atoms with Crippen molar-refractivity contribution in [2.24, 2.45) is 0 Å². The second-order valence-corrected chi connectivity index (χ2v) is 6.40. The van der Waals surface area contributed by atoms with Crippen LogP contribution in [-0.4, -0.2) is 22.2 Å². The van der Waals surface area contributed by atoms with Crippen LogP contribution in [0.1, 0.15) is 50.6 Å². The topological polar surface area (TPSA) is 36.4 Å². The predicted octanol–water partition coefficient (Wildman–Crippen LogP) is 2.97. The third-order valence-corrected chi connectivity index (χ3v) is 4.63. The molecule has 1 aromatic rings. The molecular formula is C13H22N2OS. The van der Waals surface area contributed by atoms with Crippen molar-refractivity contribution in [2.75, 3.05) is 11.4 Å². The van der Waals surface area contributed by atoms with E-state index in [-0.39, 0.29) is 12.1 Å². The fraction of sp³-hybridized carbons (Fsp3) is 0.769. The van der Waals surface area contributed by atoms with E-state index in [0.29, 0.717) is 0 Å². The molecule has 0 unspecified atom stereocenters. The first-order valence-corrected chi connectivity index (χ1v) is 7.27. The van der Waals surface area contributed by atoms with Gasteiger partial charge in [-0.05, 0) is 33.1 Å². The van der Waals surface area contributed by atoms with Crippen LogP contribution in [0.2, 0.25) is 0 Å². The summed E-state index contributed by atoms with van der Waals surface area (Å²) in [6.07, 6.45) is 4.52. The fourth-order valence-corrected chi connectivity index (χ4v) is 3.66. The highest BCUT2D eigenvalue weighted by atomic mass is 32.1. The van der Waals surface area contributed by atoms with Crippen molar-refractivity contribution in [2.45, 2.75) is 58.6 Å². The molecule has 0 bridgehead atoms. The Morgan fingerprint density at radius 2 is 2.24 bits per heavy atom. The van der Waals surface area contributed by atoms with Gasteiger partial charge in [0.15, 0.2) is 5.13 Å². The van der Waals surface area contributed by atoms with E-state index in [9.17, 15) is 5.11 Å². The quantitative estimate of drug-likeness (QED) is 0.897. The Kier molecular flexibility index (Phi) is 3.73. The minimum absolute atomic E-state index is 0.126. The summed E-state index contributed by atoms with van der Waals surface area (Å²) in [6, 6.07) is 0. The number of aliphatic hydroxyl groups excluding tert-OH is 1. The predicted molar refractivity (Wildman–Crippen MR) is 72.7 cm³/mol. The van der Waals surface area contributed by atoms with Crippen molar-refractivity contribution in [3.63, 3.8) is 0 Å². The molecule has 0 saturated carbocycles. The minimum Gasteiger partial charge on any atom is -0.391 e. The molecule has 4 heteroatoms. The van der Waals surface area contributed by atoms with Gasteiger partial charge in [-0.15, -0.1) is 0 Å². The maximum atomic E-state index is 9.38. The number of aliphatic hydroxyl groups is 1. The van der Waals surface area contributed by atoms with Gasteiger partial charge in [-0.3, -0.25) is 0 Å². The first-order valence-electron chi connectivity index (χ1n) is 6.45. The van der Waals surface area contributed by atoms with Gasteiger partial charge in [0.2, 0.25) is 0 Å². The van der Waals surface area contributed by atoms with Crippen LogP contribution in [0, 0.1) is 0 Å². The highest BCUT2D eigenvalue weighted by Crippen LogP contribution is 2.37. The van der Waals surface area contributed by atoms with Crippen molar-refractivity contribution >= 4 is 16.5 Å². The summed E-state index contributed by atoms with van der Waals surface area (Å²) in [5.74, 6) is 0. The molecule has 0 amide bonds. The van der Waals surface area contributed by atoms with E-state index < -0.39 is 0 Å². The van der Waals surface area contributed by atoms with Crippen LogP contribution in [-0.2, 0) is 13.0 Å². The SMILES string of the molecule is CCCc1nc(N2CCCC2(C)C)sc1CO. The fourth-order valence-electron chi connectivity index (χ4n) is 2.50. The van der Waals surface area contributed by atoms with Crippen LogP contribution < -0.4 is 4.90 Å². The third-order valence-electron chi connectivity index (χ3n) is 3.53. The number of rotatable bonds is 4. The summed E-state index contributed by atoms with van der Waals surface area (Å²) in [7, 11) is 0. The molecule has 2 rings (SSSR count). The van der Waals surface area contributed by atoms with Gasteiger partial charge < -0.3 is 10.0 Å². The molecule has 1 N–H and O–H groups in total. The van der Waals surface area contributed by atoms with Gasteiger partial charge in [0.1, 0.15) is 0 Å². The Labute approximate surface area is 107 Å². The van der Waals surface area contributed by atoms with Gasteiger partial charge in [0.05, 0.1) is 17.2 Å². The van der Waals surface area contributed by atoms with Crippen LogP contribution >= 0.6 is 11.3 Å². The van der Waals surface area contributed by atoms with Gasteiger partial charge in [0.25, 0.3) is 0 Å². The van der Waals surface area contributed by atoms with Gasteiger partial charge in [-0.2, -0.15) is 0 Å². The zero-order valence-corrected chi connectivity index (χ0v) is 11.8. The molecule has 1 aromatic heterocycles. The smallest absolute Gasteiger partial charge is 0.186 e. The summed E-state index contributed by atoms with van der Waals surface area (Å²) >= 11 is 1.66. The maximum absolute atomic E-state index is 9.38. The summed E-state index contributed by atoms with van der Waals surface area (Å²) in [4.78, 5) is 8.18. The molecule has 1 fully saturated rings. The largest absolute Gasteiger partial charge is 0.391 e. The first kappa shape index (κ1) is 12.8. The Hall–Kier alpha value is -0.610. The van der Waals surface area contributed by atoms with Crippen molar-refractivity contribution in [1.82, 2.24) is 4.98 Å². The molecule has 1 saturated heterocycles. The zero-order valence-electron chi connectivity index (χ0n) is 11.0. The number of hydrogen-bond donors (Lipinski definition) is 1. The van der Waals surface area contributed by atoms with E-state index in [1.807, 2.05) is 0 Å². The molecule has 0 atom stereocenters. The van der Waals surface area contributed by atoms with Crippen molar-refractivity contribution in [1.29, 1.82) is 0 Å². The lowest BCUT2D eigenvalue weighted by Gasteiger charge is -2.31. The molecular weight excluding hydrogens is 232 g/mol. The van der Waals surface area contributed by atoms with E-state index in [1.165, 1.54) is 12.8 Å². The molecule has 0 aliphatic carbocycles. The summed E-state index contributed by atoms with van der Waals surface area (Å²) in [6.45, 7) is 7.93. The summed E-state index contributed by atoms with van der Waals surface area (Å²) in [5, 5.41) is 10.5. The molecule has 1 aliphatic heterocycles. The average Bonchev–Trinajstić information content (AvgIpc) is 2.81. The van der Waals surface area contributed by atoms with E-state index in [2.05, 4.69) is 25.7 Å². The minimum atomic E-state index is 0.126. The lowest BCUT2D eigenvalue weighted by atomic mass is 10.0. The van der Waals surface area contributed by atoms with Crippen LogP contribution in [0.3, 0.4) is 0 Å². The monoisotopic (exact) mass is 254 g/mol. The van der Waals surface area contributed by atoms with Gasteiger partial charge in [0, 0.05) is 12.1 Å². The summed E-state index contributed by atoms with van der Waals surface area (Å²) < 4.78 is 0. The molecule has 1 aliphatic rings. The second kappa shape index (κ2) is 4.94. The van der Waals surface area contributed by atoms with Gasteiger partial charge in [-0.25, -0.2) is 4.98 Å². The summed E-state index contributed by atoms with van der Waals surface area (Å²) in [5.41, 5.74) is 1.31. The van der Waals surface area contributed by atoms with E-state index in [4.69, 9.17) is 4.98 Å². The highest BCUT2D eigenvalue weighted by Gasteiger charge is 2.34. The highest BCUT2D eigenvalue weighted by molar-refractivity contribution is 7.15. The van der Waals surface area contributed by atoms with Crippen LogP contribution in [0.5, 0.6) is 0 Å². The third kappa shape index (κ3) is 2.47. The number of aromatic nitrogens is 1. The van der Waals surface area contributed by atoms with Gasteiger partial charge >= 0.3 is 0 Å². The molecule has 0 spiro atoms. The molecule has 2 heterocycles. The number of hydrogen-bond acceptors (Lipinski definition) is 4. The maximum Gasteiger partial charge on any atom is 0.186 e. The number of nitrogens with zero attached hydrogens (tertiary/aromatic N) is 2. The Bertz CT molecular complexity index is 387. The Morgan fingerprint density at radius 1 is 1.47 bits per heavy atom. The zero-order chi connectivity index (χ0) is 12.5. The van der Waals surface area contributed by atoms with Crippen molar-refractivity contribution < 1.29 is 5.11 Å². The molecule has 0 radical (unpaired) electrons. The van der Waals surface area contributed by atoms with Crippen LogP contribution in [0.4, 0.5) is 5.13 Å². The lowest BCUT2D eigenvalue weighted by Crippen LogP contribution is -2.38. The number of aryl methyl sites for hydroxylation is 1. The van der Waals surface area contributed by atoms with Crippen LogP contribution in [0.15, 0.2) is 0 Å². The number of anilines is 1. The second-order valence-electron chi connectivity index (χ2n) is 5.34. The van der Waals surface area contributed by atoms with Crippen molar-refractivity contribution in [3.8, 4) is 0 Å². The van der Waals surface area contributed by atoms with E-state index in [0.717, 1.165) is 35.1 Å². The molecule has 17 heavy (non-hydrogen) atoms. The van der Waals surface area contributed by atoms with E-state index >= 15 is 0 Å². The van der Waals surface area contributed by atoms with Crippen molar-refractivity contribution in [3.05, 3.63) is 10.6 Å². The van der Waals surface area contributed by atoms with E-state index in [1.54, 1.807) is 11.3 Å². The lowest BCUT2D eigenvalue weighted by molar-refractivity contribution is 0.284. The first-order chi connectivity index (χ1) is 8.08. The molecule has 3 nitrogen and oxygen atoms in total. The molecule has 96 valence electrons. The van der Waals surface area contributed by atoms with Gasteiger partial charge in [-0.1, -0.05) is 24.7 Å². The Balaban J connectivity index is 2.27. The average molecular weight is 254 g/mol. The normalized spacial score (nSPS) is 18.9. The molecule has 0 aromatic carbocycles.